The average Bonchev–Trinajstić information content (AvgIpc) is 1.87. The molecule has 10 heavy (non-hydrogen) atoms. The van der Waals surface area contributed by atoms with Gasteiger partial charge in [-0.05, 0) is 20.3 Å². The van der Waals surface area contributed by atoms with Crippen molar-refractivity contribution in [3.63, 3.8) is 0 Å². The molecule has 0 rings (SSSR count). The number of hydrogen-bond acceptors (Lipinski definition) is 1. The molecule has 0 aliphatic heterocycles. The van der Waals surface area contributed by atoms with E-state index in [0.29, 0.717) is 6.10 Å². The Bertz CT molecular complexity index is 89.3. The monoisotopic (exact) mass is 206 g/mol. The zero-order chi connectivity index (χ0) is 7.82. The van der Waals surface area contributed by atoms with Gasteiger partial charge in [-0.25, -0.2) is 0 Å². The van der Waals surface area contributed by atoms with Gasteiger partial charge in [0.2, 0.25) is 0 Å². The van der Waals surface area contributed by atoms with Gasteiger partial charge < -0.3 is 4.74 Å². The number of rotatable bonds is 5. The average molecular weight is 207 g/mol. The summed E-state index contributed by atoms with van der Waals surface area (Å²) in [5.74, 6) is 0. The molecule has 0 bridgehead atoms. The molecular weight excluding hydrogens is 192 g/mol. The van der Waals surface area contributed by atoms with Crippen LogP contribution >= 0.6 is 15.9 Å². The van der Waals surface area contributed by atoms with Crippen LogP contribution in [0.2, 0.25) is 0 Å². The summed E-state index contributed by atoms with van der Waals surface area (Å²) in [7, 11) is 0. The maximum Gasteiger partial charge on any atom is 0.0650 e. The maximum atomic E-state index is 5.29. The molecule has 0 spiro atoms. The van der Waals surface area contributed by atoms with Gasteiger partial charge in [0.05, 0.1) is 12.7 Å². The Morgan fingerprint density at radius 2 is 2.10 bits per heavy atom. The van der Waals surface area contributed by atoms with Gasteiger partial charge in [0, 0.05) is 5.33 Å². The Kier molecular flexibility index (Phi) is 7.42. The summed E-state index contributed by atoms with van der Waals surface area (Å²) >= 11 is 3.34. The molecule has 0 aromatic rings. The molecule has 1 nitrogen and oxygen atoms in total. The van der Waals surface area contributed by atoms with Crippen LogP contribution in [-0.4, -0.2) is 18.0 Å². The molecule has 0 saturated heterocycles. The Labute approximate surface area is 71.6 Å². The first-order valence-corrected chi connectivity index (χ1v) is 4.72. The van der Waals surface area contributed by atoms with Gasteiger partial charge in [0.25, 0.3) is 0 Å². The zero-order valence-electron chi connectivity index (χ0n) is 6.64. The standard InChI is InChI=1S/C8H15BrO/c1-8(2)10-7-5-3-4-6-9/h3,5,8H,4,6-7H2,1-2H3/b5-3+. The molecule has 0 radical (unpaired) electrons. The van der Waals surface area contributed by atoms with E-state index >= 15 is 0 Å². The molecule has 0 aliphatic rings. The second-order valence-electron chi connectivity index (χ2n) is 2.33. The molecular formula is C8H15BrO. The zero-order valence-corrected chi connectivity index (χ0v) is 8.23. The summed E-state index contributed by atoms with van der Waals surface area (Å²) < 4.78 is 5.29. The normalized spacial score (nSPS) is 11.6. The van der Waals surface area contributed by atoms with Crippen LogP contribution in [0.4, 0.5) is 0 Å². The highest BCUT2D eigenvalue weighted by Gasteiger charge is 1.86. The van der Waals surface area contributed by atoms with E-state index in [-0.39, 0.29) is 0 Å². The predicted molar refractivity (Wildman–Crippen MR) is 48.6 cm³/mol. The molecule has 0 unspecified atom stereocenters. The molecule has 0 heterocycles. The SMILES string of the molecule is CC(C)OC/C=C/CCBr. The minimum Gasteiger partial charge on any atom is -0.375 e. The quantitative estimate of drug-likeness (QED) is 0.497. The highest BCUT2D eigenvalue weighted by molar-refractivity contribution is 9.09. The summed E-state index contributed by atoms with van der Waals surface area (Å²) in [5, 5.41) is 1.03. The number of hydrogen-bond donors (Lipinski definition) is 0. The van der Waals surface area contributed by atoms with E-state index in [1.807, 2.05) is 13.8 Å². The molecule has 0 atom stereocenters. The van der Waals surface area contributed by atoms with E-state index in [1.54, 1.807) is 0 Å². The number of ether oxygens (including phenoxy) is 1. The van der Waals surface area contributed by atoms with Crippen molar-refractivity contribution in [3.8, 4) is 0 Å². The van der Waals surface area contributed by atoms with E-state index in [0.717, 1.165) is 18.4 Å². The van der Waals surface area contributed by atoms with E-state index in [1.165, 1.54) is 0 Å². The third-order valence-corrected chi connectivity index (χ3v) is 1.43. The van der Waals surface area contributed by atoms with Crippen molar-refractivity contribution >= 4 is 15.9 Å². The van der Waals surface area contributed by atoms with Gasteiger partial charge in [-0.2, -0.15) is 0 Å². The molecule has 0 amide bonds. The van der Waals surface area contributed by atoms with Gasteiger partial charge in [-0.1, -0.05) is 28.1 Å². The Hall–Kier alpha value is 0.180. The summed E-state index contributed by atoms with van der Waals surface area (Å²) in [6.45, 7) is 4.82. The largest absolute Gasteiger partial charge is 0.375 e. The van der Waals surface area contributed by atoms with Crippen molar-refractivity contribution in [1.29, 1.82) is 0 Å². The lowest BCUT2D eigenvalue weighted by Crippen LogP contribution is -2.01. The van der Waals surface area contributed by atoms with E-state index in [2.05, 4.69) is 28.1 Å². The minimum atomic E-state index is 0.341. The highest BCUT2D eigenvalue weighted by atomic mass is 79.9. The maximum absolute atomic E-state index is 5.29. The topological polar surface area (TPSA) is 9.23 Å². The van der Waals surface area contributed by atoms with Crippen LogP contribution in [0.15, 0.2) is 12.2 Å². The first kappa shape index (κ1) is 10.2. The Balaban J connectivity index is 3.02. The first-order chi connectivity index (χ1) is 4.77. The smallest absolute Gasteiger partial charge is 0.0650 e. The van der Waals surface area contributed by atoms with Crippen molar-refractivity contribution < 1.29 is 4.74 Å². The molecule has 0 aliphatic carbocycles. The lowest BCUT2D eigenvalue weighted by atomic mass is 10.4. The number of allylic oxidation sites excluding steroid dienone is 1. The summed E-state index contributed by atoms with van der Waals surface area (Å²) in [5.41, 5.74) is 0. The van der Waals surface area contributed by atoms with Gasteiger partial charge in [0.1, 0.15) is 0 Å². The second-order valence-corrected chi connectivity index (χ2v) is 3.12. The van der Waals surface area contributed by atoms with Crippen molar-refractivity contribution in [2.75, 3.05) is 11.9 Å². The molecule has 0 saturated carbocycles. The third kappa shape index (κ3) is 8.18. The third-order valence-electron chi connectivity index (χ3n) is 0.968. The van der Waals surface area contributed by atoms with E-state index in [4.69, 9.17) is 4.74 Å². The van der Waals surface area contributed by atoms with Crippen LogP contribution in [0.3, 0.4) is 0 Å². The van der Waals surface area contributed by atoms with Crippen LogP contribution in [0.25, 0.3) is 0 Å². The molecule has 0 aromatic carbocycles. The number of halogens is 1. The fourth-order valence-corrected chi connectivity index (χ4v) is 0.761. The minimum absolute atomic E-state index is 0.341. The fourth-order valence-electron chi connectivity index (χ4n) is 0.497. The van der Waals surface area contributed by atoms with Crippen molar-refractivity contribution in [1.82, 2.24) is 0 Å². The van der Waals surface area contributed by atoms with Gasteiger partial charge in [0.15, 0.2) is 0 Å². The lowest BCUT2D eigenvalue weighted by molar-refractivity contribution is 0.102. The fraction of sp³-hybridized carbons (Fsp3) is 0.750. The van der Waals surface area contributed by atoms with Crippen LogP contribution in [0.1, 0.15) is 20.3 Å². The van der Waals surface area contributed by atoms with Crippen LogP contribution < -0.4 is 0 Å². The molecule has 0 aromatic heterocycles. The van der Waals surface area contributed by atoms with Crippen LogP contribution in [0, 0.1) is 0 Å². The van der Waals surface area contributed by atoms with Gasteiger partial charge >= 0.3 is 0 Å². The van der Waals surface area contributed by atoms with Crippen molar-refractivity contribution in [3.05, 3.63) is 12.2 Å². The predicted octanol–water partition coefficient (Wildman–Crippen LogP) is 2.75. The van der Waals surface area contributed by atoms with Gasteiger partial charge in [-0.3, -0.25) is 0 Å². The van der Waals surface area contributed by atoms with Crippen LogP contribution in [-0.2, 0) is 4.74 Å². The Morgan fingerprint density at radius 3 is 2.60 bits per heavy atom. The second kappa shape index (κ2) is 7.29. The lowest BCUT2D eigenvalue weighted by Gasteiger charge is -2.02. The summed E-state index contributed by atoms with van der Waals surface area (Å²) in [6.07, 6.45) is 5.61. The highest BCUT2D eigenvalue weighted by Crippen LogP contribution is 1.91. The molecule has 0 fully saturated rings. The van der Waals surface area contributed by atoms with Gasteiger partial charge in [-0.15, -0.1) is 0 Å². The van der Waals surface area contributed by atoms with Crippen molar-refractivity contribution in [2.24, 2.45) is 0 Å². The van der Waals surface area contributed by atoms with E-state index < -0.39 is 0 Å². The Morgan fingerprint density at radius 1 is 1.40 bits per heavy atom. The van der Waals surface area contributed by atoms with Crippen molar-refractivity contribution in [2.45, 2.75) is 26.4 Å². The summed E-state index contributed by atoms with van der Waals surface area (Å²) in [4.78, 5) is 0. The molecule has 60 valence electrons. The first-order valence-electron chi connectivity index (χ1n) is 3.60. The van der Waals surface area contributed by atoms with E-state index in [9.17, 15) is 0 Å². The summed E-state index contributed by atoms with van der Waals surface area (Å²) in [6, 6.07) is 0. The number of alkyl halides is 1. The van der Waals surface area contributed by atoms with Crippen LogP contribution in [0.5, 0.6) is 0 Å². The molecule has 0 N–H and O–H groups in total. The molecule has 2 heteroatoms.